The van der Waals surface area contributed by atoms with Crippen LogP contribution >= 0.6 is 22.7 Å². The first kappa shape index (κ1) is 34.4. The maximum atomic E-state index is 6.24. The summed E-state index contributed by atoms with van der Waals surface area (Å²) in [7, 11) is 0. The molecule has 12 rings (SSSR count). The van der Waals surface area contributed by atoms with Crippen LogP contribution in [0.5, 0.6) is 0 Å². The second-order valence-corrected chi connectivity index (χ2v) is 16.0. The number of furan rings is 3. The number of hydrogen-bond donors (Lipinski definition) is 0. The van der Waals surface area contributed by atoms with Crippen LogP contribution in [-0.4, -0.2) is 29.7 Å². The van der Waals surface area contributed by atoms with Crippen molar-refractivity contribution in [2.45, 2.75) is 6.92 Å². The lowest BCUT2D eigenvalue weighted by Gasteiger charge is -2.06. The Morgan fingerprint density at radius 3 is 2.33 bits per heavy atom. The van der Waals surface area contributed by atoms with Crippen LogP contribution < -0.4 is 0 Å². The van der Waals surface area contributed by atoms with E-state index in [9.17, 15) is 0 Å². The number of benzene rings is 4. The molecule has 4 aromatic carbocycles. The van der Waals surface area contributed by atoms with Crippen LogP contribution in [0.3, 0.4) is 0 Å². The molecule has 0 spiro atoms. The minimum atomic E-state index is 0.494. The standard InChI is InChI=1S/C48H28N6O4S2/c1-27-35-8-2-3-9-41(35)57-45(27)39-26-59-47(53-39)37-21-31(15-16-49-37)30-12-14-42-36(20-30)51-46(58-42)33-23-50-54(24-33)34-7-4-6-28(19-34)29-11-13-40-32(18-29)22-44(56-40)38-25-60-48(52-38)43-10-5-17-55-43/h2-26H,1H3. The minimum Gasteiger partial charge on any atom is -0.462 e. The Labute approximate surface area is 348 Å². The van der Waals surface area contributed by atoms with Crippen LogP contribution in [0.15, 0.2) is 169 Å². The van der Waals surface area contributed by atoms with Gasteiger partial charge in [0, 0.05) is 39.5 Å². The molecule has 0 radical (unpaired) electrons. The molecule has 0 atom stereocenters. The van der Waals surface area contributed by atoms with Crippen molar-refractivity contribution < 1.29 is 17.7 Å². The fourth-order valence-electron chi connectivity index (χ4n) is 7.52. The van der Waals surface area contributed by atoms with Crippen molar-refractivity contribution in [2.75, 3.05) is 0 Å². The molecule has 12 heteroatoms. The highest BCUT2D eigenvalue weighted by Crippen LogP contribution is 2.38. The van der Waals surface area contributed by atoms with E-state index in [0.29, 0.717) is 17.2 Å². The van der Waals surface area contributed by atoms with Gasteiger partial charge in [0.1, 0.15) is 33.1 Å². The van der Waals surface area contributed by atoms with Crippen molar-refractivity contribution in [3.8, 4) is 83.8 Å². The Hall–Kier alpha value is -7.67. The van der Waals surface area contributed by atoms with Crippen molar-refractivity contribution >= 4 is 55.7 Å². The van der Waals surface area contributed by atoms with E-state index in [4.69, 9.17) is 32.6 Å². The van der Waals surface area contributed by atoms with Crippen molar-refractivity contribution in [1.82, 2.24) is 29.7 Å². The number of oxazole rings is 1. The van der Waals surface area contributed by atoms with Crippen LogP contribution in [0.25, 0.3) is 117 Å². The molecular formula is C48H28N6O4S2. The van der Waals surface area contributed by atoms with Crippen LogP contribution in [0.1, 0.15) is 5.56 Å². The summed E-state index contributed by atoms with van der Waals surface area (Å²) in [5, 5.41) is 12.4. The van der Waals surface area contributed by atoms with E-state index in [0.717, 1.165) is 105 Å². The Morgan fingerprint density at radius 1 is 0.583 bits per heavy atom. The van der Waals surface area contributed by atoms with Crippen molar-refractivity contribution in [3.63, 3.8) is 0 Å². The molecule has 0 amide bonds. The predicted molar refractivity (Wildman–Crippen MR) is 235 cm³/mol. The predicted octanol–water partition coefficient (Wildman–Crippen LogP) is 13.4. The molecule has 0 bridgehead atoms. The van der Waals surface area contributed by atoms with Crippen molar-refractivity contribution in [2.24, 2.45) is 0 Å². The number of hydrogen-bond acceptors (Lipinski definition) is 11. The molecule has 8 heterocycles. The first-order chi connectivity index (χ1) is 29.6. The van der Waals surface area contributed by atoms with Crippen molar-refractivity contribution in [3.05, 3.63) is 156 Å². The third-order valence-electron chi connectivity index (χ3n) is 10.6. The first-order valence-electron chi connectivity index (χ1n) is 19.1. The SMILES string of the molecule is Cc1c(-c2csc(-c3cc(-c4ccc5oc(-c6cnn(-c7cccc(-c8ccc9oc(-c%10csc(-c%11ccco%11)n%10)cc9c8)c7)c6)nc5c4)ccn3)n2)oc2ccccc12. The number of aromatic nitrogens is 6. The molecule has 10 nitrogen and oxygen atoms in total. The van der Waals surface area contributed by atoms with Gasteiger partial charge in [-0.1, -0.05) is 42.5 Å². The van der Waals surface area contributed by atoms with Gasteiger partial charge in [0.05, 0.1) is 29.4 Å². The Kier molecular flexibility index (Phi) is 7.86. The highest BCUT2D eigenvalue weighted by atomic mass is 32.1. The first-order valence-corrected chi connectivity index (χ1v) is 20.8. The summed E-state index contributed by atoms with van der Waals surface area (Å²) in [5.74, 6) is 2.74. The monoisotopic (exact) mass is 816 g/mol. The number of para-hydroxylation sites is 1. The number of nitrogens with zero attached hydrogens (tertiary/aromatic N) is 6. The van der Waals surface area contributed by atoms with Gasteiger partial charge in [0.2, 0.25) is 5.89 Å². The molecule has 12 aromatic rings. The summed E-state index contributed by atoms with van der Waals surface area (Å²) in [6.45, 7) is 2.07. The maximum Gasteiger partial charge on any atom is 0.230 e. The van der Waals surface area contributed by atoms with E-state index in [1.165, 1.54) is 11.3 Å². The van der Waals surface area contributed by atoms with Crippen LogP contribution in [0, 0.1) is 6.92 Å². The van der Waals surface area contributed by atoms with Crippen LogP contribution in [0.2, 0.25) is 0 Å². The molecule has 0 fully saturated rings. The van der Waals surface area contributed by atoms with Gasteiger partial charge in [-0.2, -0.15) is 5.10 Å². The molecule has 60 heavy (non-hydrogen) atoms. The number of pyridine rings is 1. The zero-order valence-corrected chi connectivity index (χ0v) is 33.2. The van der Waals surface area contributed by atoms with E-state index in [2.05, 4.69) is 53.4 Å². The summed E-state index contributed by atoms with van der Waals surface area (Å²) < 4.78 is 26.0. The number of rotatable bonds is 8. The highest BCUT2D eigenvalue weighted by molar-refractivity contribution is 7.13. The number of thiazole rings is 2. The quantitative estimate of drug-likeness (QED) is 0.147. The average molecular weight is 817 g/mol. The molecule has 286 valence electrons. The fraction of sp³-hybridized carbons (Fsp3) is 0.0208. The summed E-state index contributed by atoms with van der Waals surface area (Å²) in [6, 6.07) is 38.4. The normalized spacial score (nSPS) is 11.8. The minimum absolute atomic E-state index is 0.494. The van der Waals surface area contributed by atoms with E-state index < -0.39 is 0 Å². The second kappa shape index (κ2) is 13.7. The fourth-order valence-corrected chi connectivity index (χ4v) is 9.07. The lowest BCUT2D eigenvalue weighted by atomic mass is 10.0. The second-order valence-electron chi connectivity index (χ2n) is 14.3. The van der Waals surface area contributed by atoms with Gasteiger partial charge in [0.25, 0.3) is 0 Å². The highest BCUT2D eigenvalue weighted by Gasteiger charge is 2.18. The molecule has 0 unspecified atom stereocenters. The smallest absolute Gasteiger partial charge is 0.230 e. The van der Waals surface area contributed by atoms with Gasteiger partial charge < -0.3 is 17.7 Å². The largest absolute Gasteiger partial charge is 0.462 e. The molecule has 0 N–H and O–H groups in total. The third-order valence-corrected chi connectivity index (χ3v) is 12.3. The molecule has 0 saturated carbocycles. The van der Waals surface area contributed by atoms with E-state index >= 15 is 0 Å². The van der Waals surface area contributed by atoms with Gasteiger partial charge >= 0.3 is 0 Å². The van der Waals surface area contributed by atoms with Gasteiger partial charge in [0.15, 0.2) is 27.9 Å². The molecular weight excluding hydrogens is 789 g/mol. The number of aryl methyl sites for hydroxylation is 1. The lowest BCUT2D eigenvalue weighted by molar-refractivity contribution is 0.581. The van der Waals surface area contributed by atoms with E-state index in [1.54, 1.807) is 23.8 Å². The van der Waals surface area contributed by atoms with E-state index in [-0.39, 0.29) is 0 Å². The Balaban J connectivity index is 0.784. The van der Waals surface area contributed by atoms with Crippen LogP contribution in [0.4, 0.5) is 0 Å². The molecule has 0 aliphatic heterocycles. The zero-order chi connectivity index (χ0) is 39.7. The Morgan fingerprint density at radius 2 is 1.42 bits per heavy atom. The molecule has 0 aliphatic carbocycles. The summed E-state index contributed by atoms with van der Waals surface area (Å²) >= 11 is 3.07. The zero-order valence-electron chi connectivity index (χ0n) is 31.6. The van der Waals surface area contributed by atoms with Gasteiger partial charge in [-0.05, 0) is 102 Å². The average Bonchev–Trinajstić information content (AvgIpc) is 4.15. The van der Waals surface area contributed by atoms with E-state index in [1.807, 2.05) is 107 Å². The number of fused-ring (bicyclic) bond motifs is 3. The van der Waals surface area contributed by atoms with Gasteiger partial charge in [-0.25, -0.2) is 19.6 Å². The van der Waals surface area contributed by atoms with Gasteiger partial charge in [-0.3, -0.25) is 4.98 Å². The lowest BCUT2D eigenvalue weighted by Crippen LogP contribution is -1.94. The summed E-state index contributed by atoms with van der Waals surface area (Å²) in [5.41, 5.74) is 12.3. The molecule has 0 aliphatic rings. The molecule has 0 saturated heterocycles. The van der Waals surface area contributed by atoms with Gasteiger partial charge in [-0.15, -0.1) is 22.7 Å². The third kappa shape index (κ3) is 5.96. The topological polar surface area (TPSA) is 122 Å². The molecule has 8 aromatic heterocycles. The summed E-state index contributed by atoms with van der Waals surface area (Å²) in [4.78, 5) is 19.2. The van der Waals surface area contributed by atoms with Crippen LogP contribution in [-0.2, 0) is 0 Å². The summed E-state index contributed by atoms with van der Waals surface area (Å²) in [6.07, 6.45) is 7.18. The Bertz CT molecular complexity index is 3550. The van der Waals surface area contributed by atoms with Crippen molar-refractivity contribution in [1.29, 1.82) is 0 Å². The maximum absolute atomic E-state index is 6.24.